The Balaban J connectivity index is 1.60. The minimum atomic E-state index is -5.11. The van der Waals surface area contributed by atoms with Gasteiger partial charge in [-0.05, 0) is 55.7 Å². The number of hydrogen-bond donors (Lipinski definition) is 3. The number of pyridine rings is 1. The third-order valence-electron chi connectivity index (χ3n) is 5.18. The van der Waals surface area contributed by atoms with Crippen LogP contribution in [0.5, 0.6) is 0 Å². The molecule has 180 valence electrons. The van der Waals surface area contributed by atoms with Crippen molar-refractivity contribution in [2.45, 2.75) is 31.5 Å². The number of benzene rings is 1. The van der Waals surface area contributed by atoms with E-state index in [1.807, 2.05) is 0 Å². The van der Waals surface area contributed by atoms with E-state index in [1.165, 1.54) is 30.5 Å². The van der Waals surface area contributed by atoms with Crippen molar-refractivity contribution in [1.82, 2.24) is 15.2 Å². The highest BCUT2D eigenvalue weighted by Gasteiger charge is 2.38. The van der Waals surface area contributed by atoms with E-state index >= 15 is 0 Å². The normalized spacial score (nSPS) is 16.6. The van der Waals surface area contributed by atoms with Crippen LogP contribution in [0.25, 0.3) is 0 Å². The number of rotatable bonds is 5. The van der Waals surface area contributed by atoms with E-state index in [-0.39, 0.29) is 35.8 Å². The first-order valence-electron chi connectivity index (χ1n) is 10.5. The average molecular weight is 476 g/mol. The Bertz CT molecular complexity index is 1060. The molecule has 1 fully saturated rings. The number of halogens is 3. The molecule has 2 heterocycles. The van der Waals surface area contributed by atoms with Crippen molar-refractivity contribution in [2.24, 2.45) is 10.7 Å². The first-order valence-corrected chi connectivity index (χ1v) is 10.5. The van der Waals surface area contributed by atoms with E-state index in [0.29, 0.717) is 12.2 Å². The number of aromatic nitrogens is 1. The fourth-order valence-electron chi connectivity index (χ4n) is 3.44. The Kier molecular flexibility index (Phi) is 7.82. The van der Waals surface area contributed by atoms with E-state index in [4.69, 9.17) is 5.73 Å². The molecule has 12 heteroatoms. The van der Waals surface area contributed by atoms with Gasteiger partial charge in [0.25, 0.3) is 5.91 Å². The summed E-state index contributed by atoms with van der Waals surface area (Å²) in [5.74, 6) is -3.21. The summed E-state index contributed by atoms with van der Waals surface area (Å²) >= 11 is 0. The Morgan fingerprint density at radius 1 is 1.12 bits per heavy atom. The van der Waals surface area contributed by atoms with Gasteiger partial charge in [0.15, 0.2) is 0 Å². The van der Waals surface area contributed by atoms with E-state index < -0.39 is 17.9 Å². The number of alkyl halides is 3. The zero-order valence-electron chi connectivity index (χ0n) is 18.0. The molecule has 1 aromatic carbocycles. The van der Waals surface area contributed by atoms with Crippen molar-refractivity contribution in [3.63, 3.8) is 0 Å². The second-order valence-corrected chi connectivity index (χ2v) is 7.58. The lowest BCUT2D eigenvalue weighted by Crippen LogP contribution is -2.50. The molecule has 34 heavy (non-hydrogen) atoms. The molecule has 1 aliphatic rings. The summed E-state index contributed by atoms with van der Waals surface area (Å²) in [6.45, 7) is 0.773. The lowest BCUT2D eigenvalue weighted by molar-refractivity contribution is -0.169. The molecule has 0 bridgehead atoms. The molecule has 9 nitrogen and oxygen atoms in total. The number of urea groups is 1. The second kappa shape index (κ2) is 10.8. The van der Waals surface area contributed by atoms with Crippen LogP contribution in [0.4, 0.5) is 23.7 Å². The SMILES string of the molecule is NC(=NC(=O)C(F)(F)F)c1ccc(NC(=O)N2CCCCC2CNC(=O)c2ccccn2)cc1. The van der Waals surface area contributed by atoms with Gasteiger partial charge in [0.1, 0.15) is 11.5 Å². The zero-order valence-corrected chi connectivity index (χ0v) is 18.0. The molecule has 4 N–H and O–H groups in total. The van der Waals surface area contributed by atoms with Crippen LogP contribution in [0.2, 0.25) is 0 Å². The lowest BCUT2D eigenvalue weighted by atomic mass is 10.0. The van der Waals surface area contributed by atoms with Gasteiger partial charge < -0.3 is 21.3 Å². The number of amides is 4. The number of nitrogens with one attached hydrogen (secondary N) is 2. The number of likely N-dealkylation sites (tertiary alicyclic amines) is 1. The molecule has 0 saturated carbocycles. The third-order valence-corrected chi connectivity index (χ3v) is 5.18. The van der Waals surface area contributed by atoms with Crippen molar-refractivity contribution < 1.29 is 27.6 Å². The van der Waals surface area contributed by atoms with Gasteiger partial charge in [-0.3, -0.25) is 14.6 Å². The van der Waals surface area contributed by atoms with Crippen LogP contribution in [0.3, 0.4) is 0 Å². The molecule has 3 rings (SSSR count). The summed E-state index contributed by atoms with van der Waals surface area (Å²) in [4.78, 5) is 44.5. The fourth-order valence-corrected chi connectivity index (χ4v) is 3.44. The first kappa shape index (κ1) is 24.7. The summed E-state index contributed by atoms with van der Waals surface area (Å²) in [7, 11) is 0. The van der Waals surface area contributed by atoms with Gasteiger partial charge in [-0.1, -0.05) is 6.07 Å². The molecule has 1 unspecified atom stereocenters. The number of anilines is 1. The molecule has 2 aromatic rings. The minimum Gasteiger partial charge on any atom is -0.383 e. The highest BCUT2D eigenvalue weighted by atomic mass is 19.4. The number of carbonyl (C=O) groups excluding carboxylic acids is 3. The van der Waals surface area contributed by atoms with Gasteiger partial charge in [-0.15, -0.1) is 0 Å². The van der Waals surface area contributed by atoms with Gasteiger partial charge in [0.2, 0.25) is 0 Å². The highest BCUT2D eigenvalue weighted by Crippen LogP contribution is 2.20. The standard InChI is InChI=1S/C22H23F3N6O3/c23-22(24,25)20(33)30-18(26)14-7-9-15(10-8-14)29-21(34)31-12-4-2-5-16(31)13-28-19(32)17-6-1-3-11-27-17/h1,3,6-11,16H,2,4-5,12-13H2,(H,28,32)(H,29,34)(H2,26,30,33). The second-order valence-electron chi connectivity index (χ2n) is 7.58. The summed E-state index contributed by atoms with van der Waals surface area (Å²) in [5, 5.41) is 5.53. The molecule has 1 aromatic heterocycles. The minimum absolute atomic E-state index is 0.101. The molecular weight excluding hydrogens is 453 g/mol. The maximum absolute atomic E-state index is 12.8. The van der Waals surface area contributed by atoms with E-state index in [9.17, 15) is 27.6 Å². The van der Waals surface area contributed by atoms with Crippen LogP contribution in [-0.4, -0.2) is 58.9 Å². The van der Waals surface area contributed by atoms with Crippen LogP contribution in [0.1, 0.15) is 35.3 Å². The van der Waals surface area contributed by atoms with Crippen molar-refractivity contribution in [2.75, 3.05) is 18.4 Å². The van der Waals surface area contributed by atoms with Crippen molar-refractivity contribution in [3.05, 3.63) is 59.9 Å². The Hall–Kier alpha value is -3.96. The summed E-state index contributed by atoms with van der Waals surface area (Å²) in [5.41, 5.74) is 6.24. The van der Waals surface area contributed by atoms with Gasteiger partial charge in [-0.2, -0.15) is 18.2 Å². The van der Waals surface area contributed by atoms with Gasteiger partial charge in [-0.25, -0.2) is 4.79 Å². The van der Waals surface area contributed by atoms with Crippen LogP contribution in [0, 0.1) is 0 Å². The number of amidine groups is 1. The molecule has 1 atom stereocenters. The molecule has 0 aliphatic carbocycles. The van der Waals surface area contributed by atoms with Gasteiger partial charge >= 0.3 is 18.1 Å². The summed E-state index contributed by atoms with van der Waals surface area (Å²) < 4.78 is 37.0. The van der Waals surface area contributed by atoms with Crippen molar-refractivity contribution >= 4 is 29.4 Å². The molecule has 1 saturated heterocycles. The molecule has 0 spiro atoms. The average Bonchev–Trinajstić information content (AvgIpc) is 2.83. The van der Waals surface area contributed by atoms with E-state index in [2.05, 4.69) is 20.6 Å². The number of aliphatic imine (C=N–C) groups is 1. The maximum atomic E-state index is 12.8. The molecule has 1 aliphatic heterocycles. The van der Waals surface area contributed by atoms with Crippen LogP contribution >= 0.6 is 0 Å². The third kappa shape index (κ3) is 6.53. The number of nitrogens with zero attached hydrogens (tertiary/aromatic N) is 3. The molecule has 4 amide bonds. The topological polar surface area (TPSA) is 130 Å². The van der Waals surface area contributed by atoms with Gasteiger partial charge in [0.05, 0.1) is 6.04 Å². The Morgan fingerprint density at radius 2 is 1.85 bits per heavy atom. The number of piperidine rings is 1. The highest BCUT2D eigenvalue weighted by molar-refractivity contribution is 6.05. The monoisotopic (exact) mass is 476 g/mol. The zero-order chi connectivity index (χ0) is 24.7. The summed E-state index contributed by atoms with van der Waals surface area (Å²) in [6.07, 6.45) is -1.14. The Morgan fingerprint density at radius 3 is 2.50 bits per heavy atom. The van der Waals surface area contributed by atoms with Gasteiger partial charge in [0, 0.05) is 30.5 Å². The molecule has 0 radical (unpaired) electrons. The first-order chi connectivity index (χ1) is 16.1. The molecular formula is C22H23F3N6O3. The van der Waals surface area contributed by atoms with E-state index in [1.54, 1.807) is 23.1 Å². The number of hydrogen-bond acceptors (Lipinski definition) is 4. The predicted molar refractivity (Wildman–Crippen MR) is 118 cm³/mol. The van der Waals surface area contributed by atoms with E-state index in [0.717, 1.165) is 19.3 Å². The van der Waals surface area contributed by atoms with Crippen LogP contribution in [-0.2, 0) is 4.79 Å². The van der Waals surface area contributed by atoms with Crippen molar-refractivity contribution in [3.8, 4) is 0 Å². The van der Waals surface area contributed by atoms with Crippen molar-refractivity contribution in [1.29, 1.82) is 0 Å². The maximum Gasteiger partial charge on any atom is 0.473 e. The Labute approximate surface area is 193 Å². The number of nitrogens with two attached hydrogens (primary N) is 1. The summed E-state index contributed by atoms with van der Waals surface area (Å²) in [6, 6.07) is 10.0. The largest absolute Gasteiger partial charge is 0.473 e. The lowest BCUT2D eigenvalue weighted by Gasteiger charge is -2.35. The fraction of sp³-hybridized carbons (Fsp3) is 0.318. The van der Waals surface area contributed by atoms with Crippen LogP contribution < -0.4 is 16.4 Å². The smallest absolute Gasteiger partial charge is 0.383 e. The predicted octanol–water partition coefficient (Wildman–Crippen LogP) is 2.69. The quantitative estimate of drug-likeness (QED) is 0.451. The number of carbonyl (C=O) groups is 3. The van der Waals surface area contributed by atoms with Crippen LogP contribution in [0.15, 0.2) is 53.7 Å².